The van der Waals surface area contributed by atoms with E-state index in [-0.39, 0.29) is 6.61 Å². The fourth-order valence-corrected chi connectivity index (χ4v) is 1.79. The van der Waals surface area contributed by atoms with Crippen LogP contribution in [0, 0.1) is 0 Å². The lowest BCUT2D eigenvalue weighted by molar-refractivity contribution is 0.311. The zero-order valence-electron chi connectivity index (χ0n) is 10.8. The minimum Gasteiger partial charge on any atom is -0.399 e. The highest BCUT2D eigenvalue weighted by molar-refractivity contribution is 6.33. The van der Waals surface area contributed by atoms with Crippen LogP contribution in [0.4, 0.5) is 22.7 Å². The van der Waals surface area contributed by atoms with E-state index in [1.54, 1.807) is 18.2 Å². The SMILES string of the molecule is Nc1ccc(N=Nc2ccc(NCCO)cc2)c(Cl)c1. The first-order valence-electron chi connectivity index (χ1n) is 6.10. The van der Waals surface area contributed by atoms with Crippen LogP contribution in [0.5, 0.6) is 0 Å². The number of aliphatic hydroxyl groups excluding tert-OH is 1. The van der Waals surface area contributed by atoms with Crippen molar-refractivity contribution >= 4 is 34.4 Å². The lowest BCUT2D eigenvalue weighted by Gasteiger charge is -2.03. The summed E-state index contributed by atoms with van der Waals surface area (Å²) >= 11 is 6.01. The summed E-state index contributed by atoms with van der Waals surface area (Å²) in [5, 5.41) is 20.4. The highest BCUT2D eigenvalue weighted by Crippen LogP contribution is 2.28. The molecule has 0 saturated carbocycles. The molecule has 2 rings (SSSR count). The van der Waals surface area contributed by atoms with E-state index in [9.17, 15) is 0 Å². The number of nitrogen functional groups attached to an aromatic ring is 1. The van der Waals surface area contributed by atoms with Gasteiger partial charge in [0, 0.05) is 17.9 Å². The molecule has 0 radical (unpaired) electrons. The molecule has 0 saturated heterocycles. The maximum Gasteiger partial charge on any atom is 0.104 e. The molecule has 0 fully saturated rings. The standard InChI is InChI=1S/C14H15ClN4O/c15-13-9-10(16)1-6-14(13)19-18-12-4-2-11(3-5-12)17-7-8-20/h1-6,9,17,20H,7-8,16H2. The molecule has 0 bridgehead atoms. The summed E-state index contributed by atoms with van der Waals surface area (Å²) in [6, 6.07) is 12.5. The molecule has 6 heteroatoms. The summed E-state index contributed by atoms with van der Waals surface area (Å²) in [7, 11) is 0. The van der Waals surface area contributed by atoms with Gasteiger partial charge in [-0.2, -0.15) is 5.11 Å². The monoisotopic (exact) mass is 290 g/mol. The van der Waals surface area contributed by atoms with Gasteiger partial charge < -0.3 is 16.2 Å². The number of rotatable bonds is 5. The molecule has 4 N–H and O–H groups in total. The summed E-state index contributed by atoms with van der Waals surface area (Å²) in [5.74, 6) is 0. The molecular weight excluding hydrogens is 276 g/mol. The zero-order chi connectivity index (χ0) is 14.4. The lowest BCUT2D eigenvalue weighted by atomic mass is 10.3. The average molecular weight is 291 g/mol. The van der Waals surface area contributed by atoms with Crippen LogP contribution in [-0.2, 0) is 0 Å². The molecular formula is C14H15ClN4O. The van der Waals surface area contributed by atoms with Crippen LogP contribution in [0.1, 0.15) is 0 Å². The first-order chi connectivity index (χ1) is 9.69. The first-order valence-corrected chi connectivity index (χ1v) is 6.48. The van der Waals surface area contributed by atoms with Gasteiger partial charge in [-0.05, 0) is 42.5 Å². The Kier molecular flexibility index (Phi) is 4.92. The van der Waals surface area contributed by atoms with E-state index < -0.39 is 0 Å². The Morgan fingerprint density at radius 1 is 1.10 bits per heavy atom. The Morgan fingerprint density at radius 3 is 2.50 bits per heavy atom. The summed E-state index contributed by atoms with van der Waals surface area (Å²) < 4.78 is 0. The molecule has 0 heterocycles. The van der Waals surface area contributed by atoms with Gasteiger partial charge in [-0.15, -0.1) is 5.11 Å². The van der Waals surface area contributed by atoms with E-state index in [1.807, 2.05) is 24.3 Å². The predicted molar refractivity (Wildman–Crippen MR) is 82.1 cm³/mol. The summed E-state index contributed by atoms with van der Waals surface area (Å²) in [5.41, 5.74) is 8.41. The minimum absolute atomic E-state index is 0.0943. The van der Waals surface area contributed by atoms with Gasteiger partial charge in [-0.3, -0.25) is 0 Å². The number of anilines is 2. The van der Waals surface area contributed by atoms with E-state index in [0.717, 1.165) is 5.69 Å². The van der Waals surface area contributed by atoms with Gasteiger partial charge in [0.25, 0.3) is 0 Å². The van der Waals surface area contributed by atoms with E-state index >= 15 is 0 Å². The van der Waals surface area contributed by atoms with Crippen LogP contribution in [0.15, 0.2) is 52.7 Å². The predicted octanol–water partition coefficient (Wildman–Crippen LogP) is 3.74. The summed E-state index contributed by atoms with van der Waals surface area (Å²) in [6.45, 7) is 0.610. The van der Waals surface area contributed by atoms with Crippen molar-refractivity contribution in [3.8, 4) is 0 Å². The van der Waals surface area contributed by atoms with Crippen molar-refractivity contribution in [1.82, 2.24) is 0 Å². The molecule has 0 spiro atoms. The fourth-order valence-electron chi connectivity index (χ4n) is 1.56. The second kappa shape index (κ2) is 6.88. The second-order valence-corrected chi connectivity index (χ2v) is 4.52. The van der Waals surface area contributed by atoms with Gasteiger partial charge in [-0.1, -0.05) is 11.6 Å². The molecule has 0 aliphatic heterocycles. The molecule has 0 atom stereocenters. The van der Waals surface area contributed by atoms with Crippen LogP contribution < -0.4 is 11.1 Å². The van der Waals surface area contributed by atoms with Gasteiger partial charge in [0.2, 0.25) is 0 Å². The molecule has 0 amide bonds. The number of nitrogens with one attached hydrogen (secondary N) is 1. The molecule has 0 aliphatic rings. The number of hydrogen-bond acceptors (Lipinski definition) is 5. The number of nitrogens with two attached hydrogens (primary N) is 1. The number of aliphatic hydroxyl groups is 1. The molecule has 2 aromatic carbocycles. The smallest absolute Gasteiger partial charge is 0.104 e. The van der Waals surface area contributed by atoms with Crippen LogP contribution in [0.2, 0.25) is 5.02 Å². The average Bonchev–Trinajstić information content (AvgIpc) is 2.45. The zero-order valence-corrected chi connectivity index (χ0v) is 11.5. The second-order valence-electron chi connectivity index (χ2n) is 4.11. The Balaban J connectivity index is 2.07. The fraction of sp³-hybridized carbons (Fsp3) is 0.143. The maximum atomic E-state index is 8.72. The largest absolute Gasteiger partial charge is 0.399 e. The molecule has 20 heavy (non-hydrogen) atoms. The van der Waals surface area contributed by atoms with Crippen molar-refractivity contribution < 1.29 is 5.11 Å². The third-order valence-electron chi connectivity index (χ3n) is 2.55. The normalized spacial score (nSPS) is 10.9. The summed E-state index contributed by atoms with van der Waals surface area (Å²) in [6.07, 6.45) is 0. The van der Waals surface area contributed by atoms with Crippen molar-refractivity contribution in [2.75, 3.05) is 24.2 Å². The first kappa shape index (κ1) is 14.3. The van der Waals surface area contributed by atoms with Crippen LogP contribution in [0.3, 0.4) is 0 Å². The topological polar surface area (TPSA) is 83.0 Å². The number of azo groups is 1. The van der Waals surface area contributed by atoms with E-state index in [4.69, 9.17) is 22.4 Å². The number of benzene rings is 2. The van der Waals surface area contributed by atoms with Crippen molar-refractivity contribution in [2.24, 2.45) is 10.2 Å². The van der Waals surface area contributed by atoms with E-state index in [2.05, 4.69) is 15.5 Å². The Hall–Kier alpha value is -2.11. The van der Waals surface area contributed by atoms with Crippen molar-refractivity contribution in [3.63, 3.8) is 0 Å². The van der Waals surface area contributed by atoms with Crippen molar-refractivity contribution in [2.45, 2.75) is 0 Å². The molecule has 0 aromatic heterocycles. The molecule has 0 aliphatic carbocycles. The Morgan fingerprint density at radius 2 is 1.85 bits per heavy atom. The molecule has 5 nitrogen and oxygen atoms in total. The maximum absolute atomic E-state index is 8.72. The van der Waals surface area contributed by atoms with Gasteiger partial charge in [0.15, 0.2) is 0 Å². The van der Waals surface area contributed by atoms with Gasteiger partial charge in [-0.25, -0.2) is 0 Å². The highest BCUT2D eigenvalue weighted by atomic mass is 35.5. The quantitative estimate of drug-likeness (QED) is 0.579. The third kappa shape index (κ3) is 3.94. The number of nitrogens with zero attached hydrogens (tertiary/aromatic N) is 2. The molecule has 2 aromatic rings. The van der Waals surface area contributed by atoms with Crippen molar-refractivity contribution in [3.05, 3.63) is 47.5 Å². The van der Waals surface area contributed by atoms with Gasteiger partial charge in [0.05, 0.1) is 17.3 Å². The lowest BCUT2D eigenvalue weighted by Crippen LogP contribution is -2.04. The number of hydrogen-bond donors (Lipinski definition) is 3. The van der Waals surface area contributed by atoms with Crippen molar-refractivity contribution in [1.29, 1.82) is 0 Å². The van der Waals surface area contributed by atoms with Crippen LogP contribution >= 0.6 is 11.6 Å². The van der Waals surface area contributed by atoms with Crippen LogP contribution in [-0.4, -0.2) is 18.3 Å². The van der Waals surface area contributed by atoms with E-state index in [0.29, 0.717) is 28.6 Å². The summed E-state index contributed by atoms with van der Waals surface area (Å²) in [4.78, 5) is 0. The third-order valence-corrected chi connectivity index (χ3v) is 2.86. The highest BCUT2D eigenvalue weighted by Gasteiger charge is 1.99. The molecule has 0 unspecified atom stereocenters. The minimum atomic E-state index is 0.0943. The van der Waals surface area contributed by atoms with Gasteiger partial charge >= 0.3 is 0 Å². The van der Waals surface area contributed by atoms with E-state index in [1.165, 1.54) is 0 Å². The molecule has 104 valence electrons. The van der Waals surface area contributed by atoms with Crippen LogP contribution in [0.25, 0.3) is 0 Å². The Labute approximate surface area is 122 Å². The van der Waals surface area contributed by atoms with Gasteiger partial charge in [0.1, 0.15) is 5.69 Å². The Bertz CT molecular complexity index is 599. The number of halogens is 1.